The quantitative estimate of drug-likeness (QED) is 0.154. The number of fused-ring (bicyclic) bond motifs is 3. The van der Waals surface area contributed by atoms with E-state index in [0.717, 1.165) is 28.0 Å². The lowest BCUT2D eigenvalue weighted by atomic mass is 9.93. The van der Waals surface area contributed by atoms with Crippen LogP contribution in [-0.4, -0.2) is 55.5 Å². The summed E-state index contributed by atoms with van der Waals surface area (Å²) in [5.41, 5.74) is 9.70. The van der Waals surface area contributed by atoms with E-state index in [1.54, 1.807) is 47.7 Å². The maximum Gasteiger partial charge on any atom is 0.357 e. The molecule has 1 aliphatic heterocycles. The van der Waals surface area contributed by atoms with Crippen LogP contribution in [0.4, 0.5) is 5.69 Å². The highest BCUT2D eigenvalue weighted by molar-refractivity contribution is 7.13. The summed E-state index contributed by atoms with van der Waals surface area (Å²) < 4.78 is 11.2. The Labute approximate surface area is 283 Å². The van der Waals surface area contributed by atoms with Gasteiger partial charge in [0, 0.05) is 53.2 Å². The molecule has 12 heteroatoms. The molecule has 3 heterocycles. The second-order valence-corrected chi connectivity index (χ2v) is 12.7. The predicted molar refractivity (Wildman–Crippen MR) is 186 cm³/mol. The zero-order valence-corrected chi connectivity index (χ0v) is 28.2. The van der Waals surface area contributed by atoms with E-state index < -0.39 is 17.8 Å². The van der Waals surface area contributed by atoms with E-state index in [1.807, 2.05) is 32.2 Å². The number of nitrogens with two attached hydrogens (primary N) is 1. The summed E-state index contributed by atoms with van der Waals surface area (Å²) in [6, 6.07) is 13.6. The fourth-order valence-corrected chi connectivity index (χ4v) is 6.28. The number of nitrogens with one attached hydrogen (secondary N) is 3. The molecule has 5 N–H and O–H groups in total. The number of esters is 1. The van der Waals surface area contributed by atoms with E-state index in [1.165, 1.54) is 13.2 Å². The Bertz CT molecular complexity index is 1870. The summed E-state index contributed by atoms with van der Waals surface area (Å²) in [5, 5.41) is 10.6. The molecule has 3 amide bonds. The Balaban J connectivity index is 1.66. The average molecular weight is 670 g/mol. The van der Waals surface area contributed by atoms with Gasteiger partial charge in [-0.05, 0) is 71.3 Å². The SMILES string of the molecule is CCCNC(=O)c1ccc(-c2cc3c(cc2C(=O)Nc2ccc(CN)cc2C(=O)NCC(C)C)-c2sccc2CCO3)c(C(=O)OC)n1. The third kappa shape index (κ3) is 7.40. The summed E-state index contributed by atoms with van der Waals surface area (Å²) >= 11 is 1.54. The minimum atomic E-state index is -0.778. The number of nitrogens with zero attached hydrogens (tertiary/aromatic N) is 1. The smallest absolute Gasteiger partial charge is 0.357 e. The topological polar surface area (TPSA) is 162 Å². The molecule has 2 aromatic carbocycles. The Morgan fingerprint density at radius 1 is 0.958 bits per heavy atom. The number of benzene rings is 2. The van der Waals surface area contributed by atoms with Gasteiger partial charge in [-0.1, -0.05) is 26.8 Å². The van der Waals surface area contributed by atoms with Crippen LogP contribution in [0, 0.1) is 5.92 Å². The lowest BCUT2D eigenvalue weighted by Gasteiger charge is -2.18. The molecular formula is C36H39N5O6S. The van der Waals surface area contributed by atoms with Crippen molar-refractivity contribution in [3.63, 3.8) is 0 Å². The lowest BCUT2D eigenvalue weighted by molar-refractivity contribution is 0.0594. The van der Waals surface area contributed by atoms with Crippen molar-refractivity contribution in [2.24, 2.45) is 11.7 Å². The number of methoxy groups -OCH3 is 1. The van der Waals surface area contributed by atoms with Crippen LogP contribution >= 0.6 is 11.3 Å². The van der Waals surface area contributed by atoms with E-state index in [4.69, 9.17) is 15.2 Å². The number of hydrogen-bond donors (Lipinski definition) is 4. The van der Waals surface area contributed by atoms with Crippen LogP contribution in [0.3, 0.4) is 0 Å². The molecule has 4 aromatic rings. The molecular weight excluding hydrogens is 630 g/mol. The zero-order chi connectivity index (χ0) is 34.4. The van der Waals surface area contributed by atoms with Crippen molar-refractivity contribution in [3.05, 3.63) is 87.6 Å². The van der Waals surface area contributed by atoms with Crippen LogP contribution in [-0.2, 0) is 17.7 Å². The van der Waals surface area contributed by atoms with Crippen molar-refractivity contribution in [1.82, 2.24) is 15.6 Å². The number of anilines is 1. The van der Waals surface area contributed by atoms with E-state index in [2.05, 4.69) is 20.9 Å². The fraction of sp³-hybridized carbons (Fsp3) is 0.306. The summed E-state index contributed by atoms with van der Waals surface area (Å²) in [4.78, 5) is 58.9. The van der Waals surface area contributed by atoms with Gasteiger partial charge in [0.15, 0.2) is 5.69 Å². The van der Waals surface area contributed by atoms with Gasteiger partial charge in [-0.2, -0.15) is 0 Å². The van der Waals surface area contributed by atoms with Crippen LogP contribution < -0.4 is 26.4 Å². The number of aromatic nitrogens is 1. The van der Waals surface area contributed by atoms with Crippen molar-refractivity contribution in [2.45, 2.75) is 40.2 Å². The summed E-state index contributed by atoms with van der Waals surface area (Å²) in [6.07, 6.45) is 1.41. The molecule has 11 nitrogen and oxygen atoms in total. The molecule has 0 unspecified atom stereocenters. The largest absolute Gasteiger partial charge is 0.493 e. The first-order valence-corrected chi connectivity index (χ1v) is 16.7. The van der Waals surface area contributed by atoms with Gasteiger partial charge < -0.3 is 31.2 Å². The first-order valence-electron chi connectivity index (χ1n) is 15.8. The number of amides is 3. The fourth-order valence-electron chi connectivity index (χ4n) is 5.31. The molecule has 0 saturated heterocycles. The van der Waals surface area contributed by atoms with E-state index in [-0.39, 0.29) is 46.4 Å². The second kappa shape index (κ2) is 15.2. The van der Waals surface area contributed by atoms with Crippen LogP contribution in [0.5, 0.6) is 5.75 Å². The molecule has 250 valence electrons. The monoisotopic (exact) mass is 669 g/mol. The van der Waals surface area contributed by atoms with E-state index in [0.29, 0.717) is 43.1 Å². The van der Waals surface area contributed by atoms with Gasteiger partial charge in [-0.3, -0.25) is 14.4 Å². The predicted octanol–water partition coefficient (Wildman–Crippen LogP) is 5.44. The lowest BCUT2D eigenvalue weighted by Crippen LogP contribution is -2.29. The highest BCUT2D eigenvalue weighted by atomic mass is 32.1. The minimum Gasteiger partial charge on any atom is -0.493 e. The van der Waals surface area contributed by atoms with Crippen LogP contribution in [0.25, 0.3) is 21.6 Å². The molecule has 5 rings (SSSR count). The summed E-state index contributed by atoms with van der Waals surface area (Å²) in [6.45, 7) is 7.43. The second-order valence-electron chi connectivity index (χ2n) is 11.7. The third-order valence-corrected chi connectivity index (χ3v) is 8.79. The van der Waals surface area contributed by atoms with E-state index >= 15 is 0 Å². The Morgan fingerprint density at radius 2 is 1.77 bits per heavy atom. The van der Waals surface area contributed by atoms with Gasteiger partial charge in [0.25, 0.3) is 17.7 Å². The van der Waals surface area contributed by atoms with Crippen LogP contribution in [0.2, 0.25) is 0 Å². The average Bonchev–Trinajstić information content (AvgIpc) is 3.50. The molecule has 0 aliphatic carbocycles. The number of rotatable bonds is 11. The minimum absolute atomic E-state index is 0.0323. The molecule has 0 radical (unpaired) electrons. The van der Waals surface area contributed by atoms with Crippen molar-refractivity contribution in [1.29, 1.82) is 0 Å². The van der Waals surface area contributed by atoms with Gasteiger partial charge in [0.2, 0.25) is 0 Å². The molecule has 0 spiro atoms. The van der Waals surface area contributed by atoms with Crippen LogP contribution in [0.1, 0.15) is 80.0 Å². The maximum absolute atomic E-state index is 14.4. The molecule has 0 bridgehead atoms. The first kappa shape index (κ1) is 34.3. The van der Waals surface area contributed by atoms with Crippen molar-refractivity contribution >= 4 is 40.7 Å². The maximum atomic E-state index is 14.4. The number of carbonyl (C=O) groups is 4. The van der Waals surface area contributed by atoms with Crippen molar-refractivity contribution in [3.8, 4) is 27.3 Å². The number of pyridine rings is 1. The van der Waals surface area contributed by atoms with Crippen LogP contribution in [0.15, 0.2) is 53.9 Å². The number of hydrogen-bond acceptors (Lipinski definition) is 9. The van der Waals surface area contributed by atoms with Crippen molar-refractivity contribution in [2.75, 3.05) is 32.1 Å². The van der Waals surface area contributed by atoms with Gasteiger partial charge in [-0.25, -0.2) is 9.78 Å². The van der Waals surface area contributed by atoms with Gasteiger partial charge in [-0.15, -0.1) is 11.3 Å². The highest BCUT2D eigenvalue weighted by Gasteiger charge is 2.27. The Kier molecular flexibility index (Phi) is 10.9. The highest BCUT2D eigenvalue weighted by Crippen LogP contribution is 2.43. The van der Waals surface area contributed by atoms with Crippen molar-refractivity contribution < 1.29 is 28.7 Å². The zero-order valence-electron chi connectivity index (χ0n) is 27.4. The molecule has 48 heavy (non-hydrogen) atoms. The molecule has 2 aromatic heterocycles. The molecule has 1 aliphatic rings. The normalized spacial score (nSPS) is 11.9. The summed E-state index contributed by atoms with van der Waals surface area (Å²) in [5.74, 6) is -1.34. The number of ether oxygens (including phenoxy) is 2. The Hall–Kier alpha value is -5.07. The molecule has 0 fully saturated rings. The summed E-state index contributed by atoms with van der Waals surface area (Å²) in [7, 11) is 1.22. The number of carbonyl (C=O) groups excluding carboxylic acids is 4. The van der Waals surface area contributed by atoms with Gasteiger partial charge in [0.1, 0.15) is 11.4 Å². The van der Waals surface area contributed by atoms with Gasteiger partial charge in [0.05, 0.1) is 25.0 Å². The standard InChI is InChI=1S/C36H39N5O6S/c1-5-12-38-35(44)29-9-7-23(31(40-29)36(45)46-4)24-17-30-27(32-22(10-13-47-30)11-14-48-32)16-25(24)34(43)41-28-8-6-21(18-37)15-26(28)33(42)39-19-20(2)3/h6-9,11,14-17,20H,5,10,12-13,18-19,37H2,1-4H3,(H,38,44)(H,39,42)(H,41,43). The molecule has 0 atom stereocenters. The molecule has 0 saturated carbocycles. The van der Waals surface area contributed by atoms with E-state index in [9.17, 15) is 19.2 Å². The first-order chi connectivity index (χ1) is 23.1. The number of thiophene rings is 1. The third-order valence-electron chi connectivity index (χ3n) is 7.80. The Morgan fingerprint density at radius 3 is 2.50 bits per heavy atom. The van der Waals surface area contributed by atoms with Gasteiger partial charge >= 0.3 is 5.97 Å².